The maximum Gasteiger partial charge on any atom is 0.133 e. The van der Waals surface area contributed by atoms with Crippen molar-refractivity contribution in [3.05, 3.63) is 36.0 Å². The highest BCUT2D eigenvalue weighted by atomic mass is 32.2. The van der Waals surface area contributed by atoms with E-state index in [4.69, 9.17) is 12.2 Å². The summed E-state index contributed by atoms with van der Waals surface area (Å²) in [6, 6.07) is 8.50. The number of rotatable bonds is 3. The van der Waals surface area contributed by atoms with E-state index in [1.165, 1.54) is 16.5 Å². The summed E-state index contributed by atoms with van der Waals surface area (Å²) >= 11 is 6.70. The number of benzene rings is 1. The predicted molar refractivity (Wildman–Crippen MR) is 80.7 cm³/mol. The zero-order valence-electron chi connectivity index (χ0n) is 10.1. The summed E-state index contributed by atoms with van der Waals surface area (Å²) in [6.07, 6.45) is 5.20. The molecule has 2 nitrogen and oxygen atoms in total. The summed E-state index contributed by atoms with van der Waals surface area (Å²) < 4.78 is 3.04. The molecule has 4 heteroatoms. The number of aryl methyl sites for hydroxylation is 1. The van der Waals surface area contributed by atoms with Crippen LogP contribution in [0.3, 0.4) is 0 Å². The Kier molecular flexibility index (Phi) is 4.07. The second-order valence-corrected chi connectivity index (χ2v) is 5.43. The lowest BCUT2D eigenvalue weighted by Gasteiger charge is -2.04. The van der Waals surface area contributed by atoms with Crippen LogP contribution in [0.2, 0.25) is 0 Å². The fourth-order valence-electron chi connectivity index (χ4n) is 2.00. The summed E-state index contributed by atoms with van der Waals surface area (Å²) in [4.78, 5) is 0. The Labute approximate surface area is 111 Å². The van der Waals surface area contributed by atoms with Crippen LogP contribution in [0.25, 0.3) is 10.9 Å². The monoisotopic (exact) mass is 264 g/mol. The van der Waals surface area contributed by atoms with E-state index < -0.39 is 0 Å². The normalized spacial score (nSPS) is 10.7. The van der Waals surface area contributed by atoms with Gasteiger partial charge in [0.15, 0.2) is 0 Å². The van der Waals surface area contributed by atoms with E-state index in [0.717, 1.165) is 17.3 Å². The first-order valence-electron chi connectivity index (χ1n) is 5.57. The lowest BCUT2D eigenvalue weighted by atomic mass is 10.1. The highest BCUT2D eigenvalue weighted by molar-refractivity contribution is 8.22. The van der Waals surface area contributed by atoms with Gasteiger partial charge in [-0.25, -0.2) is 0 Å². The van der Waals surface area contributed by atoms with E-state index >= 15 is 0 Å². The van der Waals surface area contributed by atoms with Gasteiger partial charge in [-0.2, -0.15) is 0 Å². The van der Waals surface area contributed by atoms with Gasteiger partial charge in [0.25, 0.3) is 0 Å². The van der Waals surface area contributed by atoms with E-state index in [1.807, 2.05) is 6.26 Å². The molecule has 0 bridgehead atoms. The van der Waals surface area contributed by atoms with E-state index in [9.17, 15) is 0 Å². The first-order chi connectivity index (χ1) is 8.22. The van der Waals surface area contributed by atoms with Crippen LogP contribution in [0.5, 0.6) is 0 Å². The van der Waals surface area contributed by atoms with Crippen molar-refractivity contribution in [2.45, 2.75) is 6.42 Å². The van der Waals surface area contributed by atoms with Crippen LogP contribution in [-0.2, 0) is 13.5 Å². The van der Waals surface area contributed by atoms with Gasteiger partial charge in [-0.1, -0.05) is 30.4 Å². The molecule has 0 aliphatic rings. The van der Waals surface area contributed by atoms with Crippen LogP contribution >= 0.6 is 24.0 Å². The summed E-state index contributed by atoms with van der Waals surface area (Å²) in [5, 5.41) is 4.58. The molecule has 1 aromatic heterocycles. The van der Waals surface area contributed by atoms with Gasteiger partial charge < -0.3 is 9.88 Å². The lowest BCUT2D eigenvalue weighted by molar-refractivity contribution is 0.875. The van der Waals surface area contributed by atoms with Gasteiger partial charge in [0.1, 0.15) is 4.32 Å². The number of fused-ring (bicyclic) bond motifs is 1. The quantitative estimate of drug-likeness (QED) is 0.859. The standard InChI is InChI=1S/C13H16N2S2/c1-15-9-10(7-8-14-13(16)17-2)11-5-3-4-6-12(11)15/h3-6,9H,7-8H2,1-2H3,(H,14,16). The molecule has 90 valence electrons. The van der Waals surface area contributed by atoms with Gasteiger partial charge in [0.05, 0.1) is 0 Å². The van der Waals surface area contributed by atoms with Crippen LogP contribution in [0.15, 0.2) is 30.5 Å². The zero-order chi connectivity index (χ0) is 12.3. The van der Waals surface area contributed by atoms with Crippen molar-refractivity contribution in [3.63, 3.8) is 0 Å². The molecule has 0 aliphatic heterocycles. The number of aromatic nitrogens is 1. The van der Waals surface area contributed by atoms with Crippen molar-refractivity contribution in [1.82, 2.24) is 9.88 Å². The van der Waals surface area contributed by atoms with Crippen LogP contribution in [0.4, 0.5) is 0 Å². The van der Waals surface area contributed by atoms with Gasteiger partial charge >= 0.3 is 0 Å². The Morgan fingerprint density at radius 3 is 2.94 bits per heavy atom. The van der Waals surface area contributed by atoms with E-state index in [2.05, 4.69) is 47.4 Å². The van der Waals surface area contributed by atoms with Crippen molar-refractivity contribution in [3.8, 4) is 0 Å². The molecule has 1 heterocycles. The molecular weight excluding hydrogens is 248 g/mol. The van der Waals surface area contributed by atoms with Gasteiger partial charge in [-0.05, 0) is 24.3 Å². The SMILES string of the molecule is CSC(=S)NCCc1cn(C)c2ccccc12. The average Bonchev–Trinajstić information content (AvgIpc) is 2.67. The first-order valence-corrected chi connectivity index (χ1v) is 7.20. The molecule has 0 spiro atoms. The molecule has 0 saturated carbocycles. The van der Waals surface area contributed by atoms with Gasteiger partial charge in [0.2, 0.25) is 0 Å². The van der Waals surface area contributed by atoms with E-state index in [-0.39, 0.29) is 0 Å². The minimum atomic E-state index is 0.866. The molecule has 0 atom stereocenters. The maximum atomic E-state index is 5.12. The predicted octanol–water partition coefficient (Wildman–Crippen LogP) is 2.96. The third-order valence-corrected chi connectivity index (χ3v) is 3.99. The summed E-state index contributed by atoms with van der Waals surface area (Å²) in [6.45, 7) is 0.897. The van der Waals surface area contributed by atoms with Crippen LogP contribution in [-0.4, -0.2) is 21.7 Å². The molecule has 1 N–H and O–H groups in total. The Balaban J connectivity index is 2.11. The number of nitrogens with zero attached hydrogens (tertiary/aromatic N) is 1. The lowest BCUT2D eigenvalue weighted by Crippen LogP contribution is -2.20. The molecule has 2 rings (SSSR count). The number of nitrogens with one attached hydrogen (secondary N) is 1. The maximum absolute atomic E-state index is 5.12. The molecule has 0 amide bonds. The molecule has 0 unspecified atom stereocenters. The van der Waals surface area contributed by atoms with Crippen molar-refractivity contribution in [2.75, 3.05) is 12.8 Å². The Morgan fingerprint density at radius 1 is 1.41 bits per heavy atom. The van der Waals surface area contributed by atoms with Crippen LogP contribution in [0, 0.1) is 0 Å². The second-order valence-electron chi connectivity index (χ2n) is 3.95. The third kappa shape index (κ3) is 2.82. The fraction of sp³-hybridized carbons (Fsp3) is 0.308. The Morgan fingerprint density at radius 2 is 2.18 bits per heavy atom. The van der Waals surface area contributed by atoms with Gasteiger partial charge in [0, 0.05) is 30.7 Å². The van der Waals surface area contributed by atoms with Crippen LogP contribution in [0.1, 0.15) is 5.56 Å². The number of hydrogen-bond donors (Lipinski definition) is 1. The number of para-hydroxylation sites is 1. The molecular formula is C13H16N2S2. The second kappa shape index (κ2) is 5.56. The number of thiocarbonyl (C=S) groups is 1. The van der Waals surface area contributed by atoms with Gasteiger partial charge in [-0.3, -0.25) is 0 Å². The molecule has 0 radical (unpaired) electrons. The minimum Gasteiger partial charge on any atom is -0.371 e. The largest absolute Gasteiger partial charge is 0.371 e. The van der Waals surface area contributed by atoms with Crippen molar-refractivity contribution in [2.24, 2.45) is 7.05 Å². The molecule has 0 aliphatic carbocycles. The van der Waals surface area contributed by atoms with E-state index in [0.29, 0.717) is 0 Å². The minimum absolute atomic E-state index is 0.866. The molecule has 17 heavy (non-hydrogen) atoms. The molecule has 1 aromatic carbocycles. The first kappa shape index (κ1) is 12.5. The Bertz CT molecular complexity index is 531. The van der Waals surface area contributed by atoms with Crippen LogP contribution < -0.4 is 5.32 Å². The number of hydrogen-bond acceptors (Lipinski definition) is 2. The third-order valence-electron chi connectivity index (χ3n) is 2.83. The zero-order valence-corrected chi connectivity index (χ0v) is 11.7. The summed E-state index contributed by atoms with van der Waals surface area (Å²) in [7, 11) is 2.09. The number of thioether (sulfide) groups is 1. The molecule has 0 saturated heterocycles. The van der Waals surface area contributed by atoms with Crippen molar-refractivity contribution >= 4 is 39.2 Å². The summed E-state index contributed by atoms with van der Waals surface area (Å²) in [5.74, 6) is 0. The molecule has 2 aromatic rings. The average molecular weight is 264 g/mol. The van der Waals surface area contributed by atoms with Crippen molar-refractivity contribution < 1.29 is 0 Å². The highest BCUT2D eigenvalue weighted by Gasteiger charge is 2.05. The highest BCUT2D eigenvalue weighted by Crippen LogP contribution is 2.20. The molecule has 0 fully saturated rings. The Hall–Kier alpha value is -1.00. The summed E-state index contributed by atoms with van der Waals surface area (Å²) in [5.41, 5.74) is 2.66. The van der Waals surface area contributed by atoms with E-state index in [1.54, 1.807) is 11.8 Å². The topological polar surface area (TPSA) is 17.0 Å². The fourth-order valence-corrected chi connectivity index (χ4v) is 2.34. The smallest absolute Gasteiger partial charge is 0.133 e. The van der Waals surface area contributed by atoms with Gasteiger partial charge in [-0.15, -0.1) is 11.8 Å². The van der Waals surface area contributed by atoms with Crippen molar-refractivity contribution in [1.29, 1.82) is 0 Å².